The third kappa shape index (κ3) is 5.76. The van der Waals surface area contributed by atoms with Gasteiger partial charge >= 0.3 is 12.1 Å². The molecule has 0 saturated heterocycles. The molecule has 7 nitrogen and oxygen atoms in total. The van der Waals surface area contributed by atoms with Gasteiger partial charge in [-0.05, 0) is 56.4 Å². The average molecular weight is 467 g/mol. The Morgan fingerprint density at radius 3 is 2.12 bits per heavy atom. The Labute approximate surface area is 201 Å². The van der Waals surface area contributed by atoms with E-state index in [1.165, 1.54) is 0 Å². The molecule has 2 aromatic rings. The van der Waals surface area contributed by atoms with Gasteiger partial charge in [0.2, 0.25) is 5.91 Å². The normalized spacial score (nSPS) is 12.7. The predicted octanol–water partition coefficient (Wildman–Crippen LogP) is 4.65. The van der Waals surface area contributed by atoms with Crippen molar-refractivity contribution in [1.29, 1.82) is 0 Å². The Bertz CT molecular complexity index is 1000. The molecule has 0 unspecified atom stereocenters. The summed E-state index contributed by atoms with van der Waals surface area (Å²) in [6.07, 6.45) is -0.172. The maximum absolute atomic E-state index is 13.1. The highest BCUT2D eigenvalue weighted by molar-refractivity contribution is 5.83. The van der Waals surface area contributed by atoms with Crippen molar-refractivity contribution in [2.45, 2.75) is 52.5 Å². The van der Waals surface area contributed by atoms with Crippen molar-refractivity contribution in [3.8, 4) is 11.1 Å². The molecule has 2 aromatic carbocycles. The van der Waals surface area contributed by atoms with Crippen LogP contribution in [0.1, 0.15) is 57.6 Å². The summed E-state index contributed by atoms with van der Waals surface area (Å²) in [6, 6.07) is 16.2. The molecule has 0 fully saturated rings. The van der Waals surface area contributed by atoms with Crippen LogP contribution in [0.2, 0.25) is 0 Å². The molecule has 2 amide bonds. The van der Waals surface area contributed by atoms with Crippen LogP contribution in [0, 0.1) is 5.41 Å². The van der Waals surface area contributed by atoms with Gasteiger partial charge in [-0.3, -0.25) is 9.59 Å². The number of carbonyl (C=O) groups is 3. The molecule has 3 rings (SSSR count). The summed E-state index contributed by atoms with van der Waals surface area (Å²) < 4.78 is 5.57. The smallest absolute Gasteiger partial charge is 0.407 e. The molecular weight excluding hydrogens is 432 g/mol. The standard InChI is InChI=1S/C27H34N2O5/c1-18(2)29(15-9-14-24(30)31)25(32)27(3,4)17-28-26(33)34-16-23-21-12-7-5-10-19(21)20-11-6-8-13-22(20)23/h5-8,10-13,18,23H,9,14-17H2,1-4H3,(H,28,33)(H,30,31). The van der Waals surface area contributed by atoms with Crippen molar-refractivity contribution in [2.75, 3.05) is 19.7 Å². The number of carbonyl (C=O) groups excluding carboxylic acids is 2. The average Bonchev–Trinajstić information content (AvgIpc) is 3.12. The van der Waals surface area contributed by atoms with E-state index in [1.54, 1.807) is 18.7 Å². The lowest BCUT2D eigenvalue weighted by Crippen LogP contribution is -2.49. The molecule has 7 heteroatoms. The Morgan fingerprint density at radius 2 is 1.59 bits per heavy atom. The third-order valence-electron chi connectivity index (χ3n) is 6.27. The molecule has 0 spiro atoms. The second-order valence-corrected chi connectivity index (χ2v) is 9.65. The van der Waals surface area contributed by atoms with Crippen molar-refractivity contribution in [1.82, 2.24) is 10.2 Å². The molecule has 1 aliphatic rings. The number of alkyl carbamates (subject to hydrolysis) is 1. The van der Waals surface area contributed by atoms with Crippen LogP contribution >= 0.6 is 0 Å². The largest absolute Gasteiger partial charge is 0.481 e. The highest BCUT2D eigenvalue weighted by atomic mass is 16.5. The van der Waals surface area contributed by atoms with Crippen LogP contribution in [0.4, 0.5) is 4.79 Å². The van der Waals surface area contributed by atoms with E-state index in [2.05, 4.69) is 29.6 Å². The van der Waals surface area contributed by atoms with Gasteiger partial charge in [-0.15, -0.1) is 0 Å². The van der Waals surface area contributed by atoms with Gasteiger partial charge in [-0.2, -0.15) is 0 Å². The molecule has 0 heterocycles. The van der Waals surface area contributed by atoms with E-state index in [0.717, 1.165) is 22.3 Å². The molecule has 0 aromatic heterocycles. The van der Waals surface area contributed by atoms with E-state index in [1.807, 2.05) is 38.1 Å². The molecule has 0 aliphatic heterocycles. The van der Waals surface area contributed by atoms with E-state index in [4.69, 9.17) is 9.84 Å². The van der Waals surface area contributed by atoms with Gasteiger partial charge in [-0.25, -0.2) is 4.79 Å². The number of carboxylic acids is 1. The van der Waals surface area contributed by atoms with Gasteiger partial charge < -0.3 is 20.1 Å². The van der Waals surface area contributed by atoms with Gasteiger partial charge in [-0.1, -0.05) is 48.5 Å². The first-order valence-corrected chi connectivity index (χ1v) is 11.7. The molecule has 0 radical (unpaired) electrons. The topological polar surface area (TPSA) is 95.9 Å². The fourth-order valence-corrected chi connectivity index (χ4v) is 4.40. The first-order chi connectivity index (χ1) is 16.1. The SMILES string of the molecule is CC(C)N(CCCC(=O)O)C(=O)C(C)(C)CNC(=O)OCC1c2ccccc2-c2ccccc21. The minimum atomic E-state index is -0.882. The number of carboxylic acid groups (broad SMARTS) is 1. The van der Waals surface area contributed by atoms with Gasteiger partial charge in [0.25, 0.3) is 0 Å². The number of hydrogen-bond acceptors (Lipinski definition) is 4. The minimum absolute atomic E-state index is 0.00886. The fourth-order valence-electron chi connectivity index (χ4n) is 4.40. The Hall–Kier alpha value is -3.35. The lowest BCUT2D eigenvalue weighted by atomic mass is 9.90. The first kappa shape index (κ1) is 25.3. The number of nitrogens with one attached hydrogen (secondary N) is 1. The van der Waals surface area contributed by atoms with Crippen LogP contribution < -0.4 is 5.32 Å². The molecule has 0 saturated carbocycles. The van der Waals surface area contributed by atoms with Gasteiger partial charge in [0, 0.05) is 31.5 Å². The van der Waals surface area contributed by atoms with Gasteiger partial charge in [0.15, 0.2) is 0 Å². The van der Waals surface area contributed by atoms with Crippen molar-refractivity contribution in [3.05, 3.63) is 59.7 Å². The number of aliphatic carboxylic acids is 1. The Morgan fingerprint density at radius 1 is 1.03 bits per heavy atom. The van der Waals surface area contributed by atoms with Crippen molar-refractivity contribution < 1.29 is 24.2 Å². The summed E-state index contributed by atoms with van der Waals surface area (Å²) in [5.41, 5.74) is 3.74. The Balaban J connectivity index is 1.57. The highest BCUT2D eigenvalue weighted by Gasteiger charge is 2.34. The number of fused-ring (bicyclic) bond motifs is 3. The summed E-state index contributed by atoms with van der Waals surface area (Å²) >= 11 is 0. The van der Waals surface area contributed by atoms with Crippen molar-refractivity contribution in [2.24, 2.45) is 5.41 Å². The van der Waals surface area contributed by atoms with E-state index >= 15 is 0 Å². The van der Waals surface area contributed by atoms with Gasteiger partial charge in [0.05, 0.1) is 5.41 Å². The van der Waals surface area contributed by atoms with E-state index in [9.17, 15) is 14.4 Å². The van der Waals surface area contributed by atoms with E-state index in [0.29, 0.717) is 13.0 Å². The van der Waals surface area contributed by atoms with Crippen LogP contribution in [-0.4, -0.2) is 53.7 Å². The van der Waals surface area contributed by atoms with Crippen LogP contribution in [0.5, 0.6) is 0 Å². The van der Waals surface area contributed by atoms with Crippen LogP contribution in [-0.2, 0) is 14.3 Å². The molecule has 182 valence electrons. The number of benzene rings is 2. The monoisotopic (exact) mass is 466 g/mol. The summed E-state index contributed by atoms with van der Waals surface area (Å²) in [4.78, 5) is 38.1. The summed E-state index contributed by atoms with van der Waals surface area (Å²) in [6.45, 7) is 8.02. The zero-order valence-corrected chi connectivity index (χ0v) is 20.3. The molecular formula is C27H34N2O5. The van der Waals surface area contributed by atoms with Crippen LogP contribution in [0.3, 0.4) is 0 Å². The highest BCUT2D eigenvalue weighted by Crippen LogP contribution is 2.44. The maximum Gasteiger partial charge on any atom is 0.407 e. The predicted molar refractivity (Wildman–Crippen MR) is 131 cm³/mol. The minimum Gasteiger partial charge on any atom is -0.481 e. The molecule has 0 bridgehead atoms. The van der Waals surface area contributed by atoms with Gasteiger partial charge in [0.1, 0.15) is 6.61 Å². The summed E-state index contributed by atoms with van der Waals surface area (Å²) in [7, 11) is 0. The zero-order valence-electron chi connectivity index (χ0n) is 20.3. The second kappa shape index (κ2) is 10.7. The van der Waals surface area contributed by atoms with Crippen LogP contribution in [0.15, 0.2) is 48.5 Å². The third-order valence-corrected chi connectivity index (χ3v) is 6.27. The molecule has 2 N–H and O–H groups in total. The number of hydrogen-bond donors (Lipinski definition) is 2. The second-order valence-electron chi connectivity index (χ2n) is 9.65. The fraction of sp³-hybridized carbons (Fsp3) is 0.444. The maximum atomic E-state index is 13.1. The Kier molecular flexibility index (Phi) is 7.97. The lowest BCUT2D eigenvalue weighted by molar-refractivity contribution is -0.143. The summed E-state index contributed by atoms with van der Waals surface area (Å²) in [5.74, 6) is -1.04. The summed E-state index contributed by atoms with van der Waals surface area (Å²) in [5, 5.41) is 11.6. The molecule has 0 atom stereocenters. The quantitative estimate of drug-likeness (QED) is 0.531. The van der Waals surface area contributed by atoms with Crippen LogP contribution in [0.25, 0.3) is 11.1 Å². The zero-order chi connectivity index (χ0) is 24.9. The number of ether oxygens (including phenoxy) is 1. The number of amides is 2. The molecule has 1 aliphatic carbocycles. The van der Waals surface area contributed by atoms with Crippen molar-refractivity contribution >= 4 is 18.0 Å². The van der Waals surface area contributed by atoms with E-state index in [-0.39, 0.29) is 37.4 Å². The molecule has 34 heavy (non-hydrogen) atoms. The first-order valence-electron chi connectivity index (χ1n) is 11.7. The van der Waals surface area contributed by atoms with Crippen molar-refractivity contribution in [3.63, 3.8) is 0 Å². The number of rotatable bonds is 10. The van der Waals surface area contributed by atoms with E-state index < -0.39 is 17.5 Å². The lowest BCUT2D eigenvalue weighted by Gasteiger charge is -2.34. The number of nitrogens with zero attached hydrogens (tertiary/aromatic N) is 1.